The Labute approximate surface area is 234 Å². The summed E-state index contributed by atoms with van der Waals surface area (Å²) >= 11 is 0. The molecule has 0 aromatic heterocycles. The van der Waals surface area contributed by atoms with Crippen LogP contribution in [0.4, 0.5) is 0 Å². The lowest BCUT2D eigenvalue weighted by atomic mass is 9.76. The molecule has 4 heteroatoms. The number of nitrogens with one attached hydrogen (secondary N) is 1. The highest BCUT2D eigenvalue weighted by molar-refractivity contribution is 6.15. The van der Waals surface area contributed by atoms with E-state index in [-0.39, 0.29) is 18.0 Å². The van der Waals surface area contributed by atoms with Gasteiger partial charge in [0.15, 0.2) is 6.17 Å². The zero-order chi connectivity index (χ0) is 26.9. The van der Waals surface area contributed by atoms with Crippen molar-refractivity contribution >= 4 is 11.7 Å². The first-order valence-electron chi connectivity index (χ1n) is 13.7. The Hall–Kier alpha value is -4.96. The molecule has 0 fully saturated rings. The molecule has 2 unspecified atom stereocenters. The number of ether oxygens (including phenoxy) is 1. The van der Waals surface area contributed by atoms with Crippen LogP contribution < -0.4 is 10.1 Å². The number of para-hydroxylation sites is 2. The molecule has 7 rings (SSSR count). The number of nitrogens with zero attached hydrogens (tertiary/aromatic N) is 2. The fourth-order valence-electron chi connectivity index (χ4n) is 5.74. The topological polar surface area (TPSA) is 46.0 Å². The van der Waals surface area contributed by atoms with Crippen molar-refractivity contribution in [2.75, 3.05) is 0 Å². The standard InChI is InChI=1S/C36H29N3O/c1-24(33-29-16-8-10-18-31(29)40-32-19-11-9-17-30(32)33)25-20-22-28(23-21-25)36-38-34(26-12-4-2-5-13-26)37-35(39-36)27-14-6-3-7-15-27/h2-24,33-34H,1H3,(H,37,38,39). The third-order valence-electron chi connectivity index (χ3n) is 7.82. The Morgan fingerprint density at radius 1 is 0.575 bits per heavy atom. The van der Waals surface area contributed by atoms with E-state index in [9.17, 15) is 0 Å². The van der Waals surface area contributed by atoms with Crippen molar-refractivity contribution < 1.29 is 4.74 Å². The maximum absolute atomic E-state index is 6.25. The van der Waals surface area contributed by atoms with Crippen LogP contribution in [0.3, 0.4) is 0 Å². The lowest BCUT2D eigenvalue weighted by Gasteiger charge is -2.32. The lowest BCUT2D eigenvalue weighted by molar-refractivity contribution is 0.434. The number of aliphatic imine (C=N–C) groups is 2. The Bertz CT molecular complexity index is 1660. The van der Waals surface area contributed by atoms with E-state index >= 15 is 0 Å². The van der Waals surface area contributed by atoms with E-state index in [1.807, 2.05) is 48.5 Å². The van der Waals surface area contributed by atoms with E-state index in [1.54, 1.807) is 0 Å². The monoisotopic (exact) mass is 519 g/mol. The van der Waals surface area contributed by atoms with Gasteiger partial charge in [0.1, 0.15) is 23.2 Å². The van der Waals surface area contributed by atoms with Crippen LogP contribution in [-0.2, 0) is 0 Å². The molecule has 0 saturated heterocycles. The van der Waals surface area contributed by atoms with Gasteiger partial charge in [-0.25, -0.2) is 9.98 Å². The maximum atomic E-state index is 6.25. The average Bonchev–Trinajstić information content (AvgIpc) is 3.04. The highest BCUT2D eigenvalue weighted by atomic mass is 16.5. The molecule has 194 valence electrons. The first kappa shape index (κ1) is 24.1. The summed E-state index contributed by atoms with van der Waals surface area (Å²) < 4.78 is 6.25. The van der Waals surface area contributed by atoms with Crippen LogP contribution in [-0.4, -0.2) is 11.7 Å². The fourth-order valence-corrected chi connectivity index (χ4v) is 5.74. The number of benzene rings is 5. The quantitative estimate of drug-likeness (QED) is 0.254. The maximum Gasteiger partial charge on any atom is 0.169 e. The predicted octanol–water partition coefficient (Wildman–Crippen LogP) is 8.22. The minimum atomic E-state index is -0.304. The fraction of sp³-hybridized carbons (Fsp3) is 0.111. The van der Waals surface area contributed by atoms with E-state index < -0.39 is 0 Å². The van der Waals surface area contributed by atoms with Gasteiger partial charge in [0.2, 0.25) is 0 Å². The second-order valence-corrected chi connectivity index (χ2v) is 10.3. The van der Waals surface area contributed by atoms with E-state index in [0.717, 1.165) is 39.9 Å². The summed E-state index contributed by atoms with van der Waals surface area (Å²) in [5.41, 5.74) is 6.87. The van der Waals surface area contributed by atoms with Crippen molar-refractivity contribution in [3.05, 3.63) is 167 Å². The summed E-state index contributed by atoms with van der Waals surface area (Å²) in [4.78, 5) is 9.98. The van der Waals surface area contributed by atoms with Crippen LogP contribution in [0.25, 0.3) is 0 Å². The molecule has 2 atom stereocenters. The van der Waals surface area contributed by atoms with Gasteiger partial charge in [-0.2, -0.15) is 0 Å². The third kappa shape index (κ3) is 4.48. The van der Waals surface area contributed by atoms with Gasteiger partial charge in [-0.15, -0.1) is 0 Å². The first-order valence-corrected chi connectivity index (χ1v) is 13.7. The Morgan fingerprint density at radius 2 is 1.07 bits per heavy atom. The molecule has 0 amide bonds. The molecule has 0 saturated carbocycles. The smallest absolute Gasteiger partial charge is 0.169 e. The highest BCUT2D eigenvalue weighted by Gasteiger charge is 2.32. The molecule has 5 aromatic rings. The summed E-state index contributed by atoms with van der Waals surface area (Å²) in [5, 5.41) is 3.51. The molecule has 4 nitrogen and oxygen atoms in total. The number of hydrogen-bond donors (Lipinski definition) is 1. The molecule has 5 aromatic carbocycles. The second kappa shape index (κ2) is 10.3. The van der Waals surface area contributed by atoms with Crippen LogP contribution in [0.1, 0.15) is 58.3 Å². The van der Waals surface area contributed by atoms with Crippen molar-refractivity contribution in [2.45, 2.75) is 24.9 Å². The van der Waals surface area contributed by atoms with Crippen molar-refractivity contribution in [3.8, 4) is 11.5 Å². The Kier molecular flexibility index (Phi) is 6.21. The molecular weight excluding hydrogens is 490 g/mol. The van der Waals surface area contributed by atoms with E-state index in [2.05, 4.69) is 97.2 Å². The molecule has 40 heavy (non-hydrogen) atoms. The van der Waals surface area contributed by atoms with Gasteiger partial charge in [-0.1, -0.05) is 128 Å². The molecule has 2 aliphatic heterocycles. The number of fused-ring (bicyclic) bond motifs is 2. The van der Waals surface area contributed by atoms with Crippen LogP contribution in [0, 0.1) is 0 Å². The van der Waals surface area contributed by atoms with Gasteiger partial charge in [0.25, 0.3) is 0 Å². The SMILES string of the molecule is CC(c1ccc(C2=NC(c3ccccc3)N=C(c3ccccc3)N2)cc1)C1c2ccccc2Oc2ccccc21. The van der Waals surface area contributed by atoms with Crippen LogP contribution >= 0.6 is 0 Å². The van der Waals surface area contributed by atoms with Crippen molar-refractivity contribution in [3.63, 3.8) is 0 Å². The zero-order valence-electron chi connectivity index (χ0n) is 22.2. The summed E-state index contributed by atoms with van der Waals surface area (Å²) in [6, 6.07) is 46.1. The molecule has 2 heterocycles. The number of amidine groups is 2. The lowest BCUT2D eigenvalue weighted by Crippen LogP contribution is -2.36. The van der Waals surface area contributed by atoms with Crippen molar-refractivity contribution in [1.29, 1.82) is 0 Å². The molecule has 1 N–H and O–H groups in total. The Balaban J connectivity index is 1.22. The second-order valence-electron chi connectivity index (χ2n) is 10.3. The van der Waals surface area contributed by atoms with Gasteiger partial charge in [0.05, 0.1) is 0 Å². The van der Waals surface area contributed by atoms with Crippen molar-refractivity contribution in [2.24, 2.45) is 9.98 Å². The molecule has 2 aliphatic rings. The van der Waals surface area contributed by atoms with E-state index in [4.69, 9.17) is 14.7 Å². The minimum Gasteiger partial charge on any atom is -0.457 e. The number of rotatable bonds is 5. The van der Waals surface area contributed by atoms with E-state index in [0.29, 0.717) is 0 Å². The average molecular weight is 520 g/mol. The van der Waals surface area contributed by atoms with Gasteiger partial charge in [-0.3, -0.25) is 0 Å². The van der Waals surface area contributed by atoms with E-state index in [1.165, 1.54) is 16.7 Å². The largest absolute Gasteiger partial charge is 0.457 e. The van der Waals surface area contributed by atoms with Crippen molar-refractivity contribution in [1.82, 2.24) is 5.32 Å². The first-order chi connectivity index (χ1) is 19.7. The predicted molar refractivity (Wildman–Crippen MR) is 161 cm³/mol. The molecular formula is C36H29N3O. The van der Waals surface area contributed by atoms with Gasteiger partial charge < -0.3 is 10.1 Å². The third-order valence-corrected chi connectivity index (χ3v) is 7.82. The summed E-state index contributed by atoms with van der Waals surface area (Å²) in [6.45, 7) is 2.31. The number of hydrogen-bond acceptors (Lipinski definition) is 4. The molecule has 0 radical (unpaired) electrons. The zero-order valence-corrected chi connectivity index (χ0v) is 22.2. The molecule has 0 bridgehead atoms. The summed E-state index contributed by atoms with van der Waals surface area (Å²) in [7, 11) is 0. The van der Waals surface area contributed by atoms with Gasteiger partial charge in [-0.05, 0) is 29.2 Å². The van der Waals surface area contributed by atoms with Crippen LogP contribution in [0.5, 0.6) is 11.5 Å². The van der Waals surface area contributed by atoms with Crippen LogP contribution in [0.15, 0.2) is 143 Å². The van der Waals surface area contributed by atoms with Gasteiger partial charge >= 0.3 is 0 Å². The summed E-state index contributed by atoms with van der Waals surface area (Å²) in [5.74, 6) is 3.98. The molecule has 0 spiro atoms. The highest BCUT2D eigenvalue weighted by Crippen LogP contribution is 2.49. The normalized spacial score (nSPS) is 16.9. The summed E-state index contributed by atoms with van der Waals surface area (Å²) in [6.07, 6.45) is -0.304. The van der Waals surface area contributed by atoms with Crippen LogP contribution in [0.2, 0.25) is 0 Å². The Morgan fingerprint density at radius 3 is 1.68 bits per heavy atom. The minimum absolute atomic E-state index is 0.205. The molecule has 0 aliphatic carbocycles. The van der Waals surface area contributed by atoms with Gasteiger partial charge in [0, 0.05) is 28.2 Å².